The maximum absolute atomic E-state index is 4.29. The lowest BCUT2D eigenvalue weighted by atomic mass is 10.1. The Hall–Kier alpha value is -1.35. The van der Waals surface area contributed by atoms with Gasteiger partial charge in [0.15, 0.2) is 0 Å². The van der Waals surface area contributed by atoms with Crippen LogP contribution in [0, 0.1) is 0 Å². The first-order chi connectivity index (χ1) is 6.93. The largest absolute Gasteiger partial charge is 0.310 e. The fourth-order valence-corrected chi connectivity index (χ4v) is 2.11. The zero-order chi connectivity index (χ0) is 9.38. The minimum Gasteiger partial charge on any atom is -0.310 e. The van der Waals surface area contributed by atoms with E-state index in [4.69, 9.17) is 0 Å². The molecule has 0 unspecified atom stereocenters. The van der Waals surface area contributed by atoms with Gasteiger partial charge < -0.3 is 9.72 Å². The number of nitrogens with zero attached hydrogens (tertiary/aromatic N) is 2. The van der Waals surface area contributed by atoms with Gasteiger partial charge in [0.2, 0.25) is 0 Å². The van der Waals surface area contributed by atoms with Crippen molar-refractivity contribution >= 4 is 5.65 Å². The molecule has 0 bridgehead atoms. The van der Waals surface area contributed by atoms with Gasteiger partial charge in [0.05, 0.1) is 0 Å². The van der Waals surface area contributed by atoms with Crippen molar-refractivity contribution in [1.29, 1.82) is 0 Å². The zero-order valence-corrected chi connectivity index (χ0v) is 7.98. The standard InChI is InChI=1S/C11H13N3/c1-2-10(12-4-1)9-3-6-14-7-5-13-11(14)8-9/h3,5-8,10,12H,1-2,4H2/t10-/m0/s1. The predicted octanol–water partition coefficient (Wildman–Crippen LogP) is 1.76. The van der Waals surface area contributed by atoms with Gasteiger partial charge in [-0.1, -0.05) is 0 Å². The highest BCUT2D eigenvalue weighted by atomic mass is 15.0. The van der Waals surface area contributed by atoms with E-state index < -0.39 is 0 Å². The summed E-state index contributed by atoms with van der Waals surface area (Å²) in [5, 5.41) is 3.49. The molecule has 1 fully saturated rings. The van der Waals surface area contributed by atoms with Crippen molar-refractivity contribution in [3.05, 3.63) is 36.3 Å². The molecule has 3 rings (SSSR count). The molecule has 14 heavy (non-hydrogen) atoms. The molecule has 72 valence electrons. The molecule has 0 radical (unpaired) electrons. The second-order valence-electron chi connectivity index (χ2n) is 3.80. The van der Waals surface area contributed by atoms with Gasteiger partial charge in [0, 0.05) is 24.6 Å². The monoisotopic (exact) mass is 187 g/mol. The molecular weight excluding hydrogens is 174 g/mol. The van der Waals surface area contributed by atoms with Crippen LogP contribution in [0.5, 0.6) is 0 Å². The average Bonchev–Trinajstić information content (AvgIpc) is 2.88. The fourth-order valence-electron chi connectivity index (χ4n) is 2.11. The Morgan fingerprint density at radius 2 is 2.43 bits per heavy atom. The van der Waals surface area contributed by atoms with E-state index in [0.29, 0.717) is 6.04 Å². The molecule has 0 spiro atoms. The van der Waals surface area contributed by atoms with Crippen molar-refractivity contribution in [2.45, 2.75) is 18.9 Å². The van der Waals surface area contributed by atoms with Gasteiger partial charge in [-0.25, -0.2) is 4.98 Å². The van der Waals surface area contributed by atoms with E-state index in [1.54, 1.807) is 0 Å². The Labute approximate surface area is 82.8 Å². The number of aromatic nitrogens is 2. The Kier molecular flexibility index (Phi) is 1.77. The number of nitrogens with one attached hydrogen (secondary N) is 1. The van der Waals surface area contributed by atoms with Crippen molar-refractivity contribution in [3.8, 4) is 0 Å². The van der Waals surface area contributed by atoms with Gasteiger partial charge in [0.1, 0.15) is 5.65 Å². The Morgan fingerprint density at radius 3 is 3.29 bits per heavy atom. The van der Waals surface area contributed by atoms with Crippen LogP contribution in [-0.4, -0.2) is 15.9 Å². The predicted molar refractivity (Wildman–Crippen MR) is 55.2 cm³/mol. The SMILES string of the molecule is c1cn2ccc([C@@H]3CCCN3)cc2n1. The summed E-state index contributed by atoms with van der Waals surface area (Å²) in [6, 6.07) is 4.89. The smallest absolute Gasteiger partial charge is 0.136 e. The van der Waals surface area contributed by atoms with Crippen LogP contribution in [0.2, 0.25) is 0 Å². The van der Waals surface area contributed by atoms with Crippen LogP contribution >= 0.6 is 0 Å². The topological polar surface area (TPSA) is 29.3 Å². The minimum atomic E-state index is 0.539. The van der Waals surface area contributed by atoms with Gasteiger partial charge in [0.25, 0.3) is 0 Å². The molecule has 0 aromatic carbocycles. The molecule has 3 heteroatoms. The van der Waals surface area contributed by atoms with Gasteiger partial charge in [-0.2, -0.15) is 0 Å². The number of imidazole rings is 1. The molecule has 0 amide bonds. The summed E-state index contributed by atoms with van der Waals surface area (Å²) in [4.78, 5) is 4.29. The van der Waals surface area contributed by atoms with Crippen molar-refractivity contribution in [2.24, 2.45) is 0 Å². The summed E-state index contributed by atoms with van der Waals surface area (Å²) in [7, 11) is 0. The third-order valence-corrected chi connectivity index (χ3v) is 2.88. The summed E-state index contributed by atoms with van der Waals surface area (Å²) in [5.74, 6) is 0. The Bertz CT molecular complexity index is 440. The van der Waals surface area contributed by atoms with E-state index in [1.807, 2.05) is 16.8 Å². The zero-order valence-electron chi connectivity index (χ0n) is 7.98. The number of rotatable bonds is 1. The maximum Gasteiger partial charge on any atom is 0.136 e. The molecule has 1 aliphatic rings. The molecule has 1 aliphatic heterocycles. The summed E-state index contributed by atoms with van der Waals surface area (Å²) in [6.07, 6.45) is 8.42. The lowest BCUT2D eigenvalue weighted by Crippen LogP contribution is -2.12. The first-order valence-corrected chi connectivity index (χ1v) is 5.09. The van der Waals surface area contributed by atoms with Gasteiger partial charge >= 0.3 is 0 Å². The maximum atomic E-state index is 4.29. The minimum absolute atomic E-state index is 0.539. The van der Waals surface area contributed by atoms with Gasteiger partial charge in [-0.3, -0.25) is 0 Å². The number of hydrogen-bond donors (Lipinski definition) is 1. The van der Waals surface area contributed by atoms with Crippen LogP contribution in [0.25, 0.3) is 5.65 Å². The fraction of sp³-hybridized carbons (Fsp3) is 0.364. The van der Waals surface area contributed by atoms with Crippen molar-refractivity contribution < 1.29 is 0 Å². The van der Waals surface area contributed by atoms with Crippen LogP contribution in [0.1, 0.15) is 24.4 Å². The molecule has 1 N–H and O–H groups in total. The summed E-state index contributed by atoms with van der Waals surface area (Å²) < 4.78 is 2.04. The molecule has 1 atom stereocenters. The van der Waals surface area contributed by atoms with Gasteiger partial charge in [-0.05, 0) is 37.1 Å². The average molecular weight is 187 g/mol. The number of hydrogen-bond acceptors (Lipinski definition) is 2. The molecule has 3 heterocycles. The number of pyridine rings is 1. The second-order valence-corrected chi connectivity index (χ2v) is 3.80. The van der Waals surface area contributed by atoms with Crippen molar-refractivity contribution in [1.82, 2.24) is 14.7 Å². The van der Waals surface area contributed by atoms with E-state index in [9.17, 15) is 0 Å². The van der Waals surface area contributed by atoms with E-state index in [-0.39, 0.29) is 0 Å². The van der Waals surface area contributed by atoms with Crippen LogP contribution in [0.15, 0.2) is 30.7 Å². The van der Waals surface area contributed by atoms with Crippen molar-refractivity contribution in [3.63, 3.8) is 0 Å². The Balaban J connectivity index is 2.04. The molecule has 1 saturated heterocycles. The van der Waals surface area contributed by atoms with E-state index in [1.165, 1.54) is 18.4 Å². The highest BCUT2D eigenvalue weighted by Crippen LogP contribution is 2.23. The second kappa shape index (κ2) is 3.10. The summed E-state index contributed by atoms with van der Waals surface area (Å²) >= 11 is 0. The lowest BCUT2D eigenvalue weighted by Gasteiger charge is -2.10. The molecule has 2 aromatic rings. The third kappa shape index (κ3) is 1.21. The van der Waals surface area contributed by atoms with Crippen LogP contribution in [0.3, 0.4) is 0 Å². The molecule has 3 nitrogen and oxygen atoms in total. The van der Waals surface area contributed by atoms with Crippen LogP contribution in [0.4, 0.5) is 0 Å². The Morgan fingerprint density at radius 1 is 1.43 bits per heavy atom. The van der Waals surface area contributed by atoms with Crippen LogP contribution in [-0.2, 0) is 0 Å². The third-order valence-electron chi connectivity index (χ3n) is 2.88. The normalized spacial score (nSPS) is 21.9. The van der Waals surface area contributed by atoms with Crippen molar-refractivity contribution in [2.75, 3.05) is 6.54 Å². The van der Waals surface area contributed by atoms with Gasteiger partial charge in [-0.15, -0.1) is 0 Å². The lowest BCUT2D eigenvalue weighted by molar-refractivity contribution is 0.647. The van der Waals surface area contributed by atoms with E-state index in [0.717, 1.165) is 12.2 Å². The number of fused-ring (bicyclic) bond motifs is 1. The quantitative estimate of drug-likeness (QED) is 0.737. The first kappa shape index (κ1) is 8.00. The molecule has 2 aromatic heterocycles. The summed E-state index contributed by atoms with van der Waals surface area (Å²) in [6.45, 7) is 1.14. The summed E-state index contributed by atoms with van der Waals surface area (Å²) in [5.41, 5.74) is 2.40. The van der Waals surface area contributed by atoms with E-state index in [2.05, 4.69) is 28.6 Å². The molecule has 0 saturated carbocycles. The van der Waals surface area contributed by atoms with E-state index >= 15 is 0 Å². The molecule has 0 aliphatic carbocycles. The highest BCUT2D eigenvalue weighted by Gasteiger charge is 2.16. The van der Waals surface area contributed by atoms with Crippen LogP contribution < -0.4 is 5.32 Å². The highest BCUT2D eigenvalue weighted by molar-refractivity contribution is 5.42. The first-order valence-electron chi connectivity index (χ1n) is 5.09. The molecular formula is C11H13N3.